The molecule has 1 heterocycles. The summed E-state index contributed by atoms with van der Waals surface area (Å²) in [5.41, 5.74) is 0. The van der Waals surface area contributed by atoms with Crippen LogP contribution in [0.25, 0.3) is 0 Å². The van der Waals surface area contributed by atoms with E-state index >= 15 is 0 Å². The Morgan fingerprint density at radius 3 is 2.87 bits per heavy atom. The molecule has 15 heavy (non-hydrogen) atoms. The first-order valence-electron chi connectivity index (χ1n) is 4.66. The summed E-state index contributed by atoms with van der Waals surface area (Å²) < 4.78 is 0. The lowest BCUT2D eigenvalue weighted by Crippen LogP contribution is -2.59. The SMILES string of the molecule is C#CCC(=O)N1CC(=O)NC(=O)C1CC. The summed E-state index contributed by atoms with van der Waals surface area (Å²) in [5.74, 6) is 0.956. The molecule has 0 radical (unpaired) electrons. The van der Waals surface area contributed by atoms with Crippen LogP contribution in [0.4, 0.5) is 0 Å². The third-order valence-electron chi connectivity index (χ3n) is 2.22. The predicted molar refractivity (Wildman–Crippen MR) is 52.4 cm³/mol. The molecule has 1 N–H and O–H groups in total. The Kier molecular flexibility index (Phi) is 3.45. The molecular formula is C10H12N2O3. The van der Waals surface area contributed by atoms with Gasteiger partial charge in [-0.15, -0.1) is 6.42 Å². The van der Waals surface area contributed by atoms with Crippen LogP contribution in [-0.2, 0) is 14.4 Å². The molecule has 0 bridgehead atoms. The first kappa shape index (κ1) is 11.2. The summed E-state index contributed by atoms with van der Waals surface area (Å²) >= 11 is 0. The molecule has 80 valence electrons. The lowest BCUT2D eigenvalue weighted by atomic mass is 10.1. The second kappa shape index (κ2) is 4.60. The molecule has 0 aromatic carbocycles. The van der Waals surface area contributed by atoms with Crippen LogP contribution >= 0.6 is 0 Å². The molecule has 1 fully saturated rings. The fourth-order valence-electron chi connectivity index (χ4n) is 1.52. The van der Waals surface area contributed by atoms with E-state index < -0.39 is 17.9 Å². The Morgan fingerprint density at radius 1 is 1.67 bits per heavy atom. The number of piperazine rings is 1. The molecule has 0 aromatic heterocycles. The second-order valence-electron chi connectivity index (χ2n) is 3.24. The number of imide groups is 1. The van der Waals surface area contributed by atoms with E-state index in [4.69, 9.17) is 6.42 Å². The summed E-state index contributed by atoms with van der Waals surface area (Å²) in [6, 6.07) is -0.580. The molecule has 1 aliphatic heterocycles. The molecule has 1 atom stereocenters. The zero-order valence-corrected chi connectivity index (χ0v) is 8.45. The smallest absolute Gasteiger partial charge is 0.249 e. The van der Waals surface area contributed by atoms with Crippen molar-refractivity contribution >= 4 is 17.7 Å². The summed E-state index contributed by atoms with van der Waals surface area (Å²) in [4.78, 5) is 35.2. The Labute approximate surface area is 87.8 Å². The average Bonchev–Trinajstić information content (AvgIpc) is 2.17. The number of hydrogen-bond acceptors (Lipinski definition) is 3. The van der Waals surface area contributed by atoms with E-state index in [2.05, 4.69) is 11.2 Å². The van der Waals surface area contributed by atoms with Gasteiger partial charge in [0.1, 0.15) is 12.6 Å². The fourth-order valence-corrected chi connectivity index (χ4v) is 1.52. The molecule has 0 aromatic rings. The van der Waals surface area contributed by atoms with Crippen molar-refractivity contribution in [3.05, 3.63) is 0 Å². The topological polar surface area (TPSA) is 66.5 Å². The Hall–Kier alpha value is -1.83. The van der Waals surface area contributed by atoms with E-state index in [0.717, 1.165) is 0 Å². The number of rotatable bonds is 2. The molecule has 1 rings (SSSR count). The van der Waals surface area contributed by atoms with Crippen molar-refractivity contribution in [1.29, 1.82) is 0 Å². The van der Waals surface area contributed by atoms with Gasteiger partial charge in [0.15, 0.2) is 0 Å². The highest BCUT2D eigenvalue weighted by molar-refractivity contribution is 6.04. The Balaban J connectivity index is 2.83. The van der Waals surface area contributed by atoms with Crippen molar-refractivity contribution in [3.63, 3.8) is 0 Å². The standard InChI is InChI=1S/C10H12N2O3/c1-3-5-9(14)12-6-8(13)11-10(15)7(12)4-2/h1,7H,4-6H2,2H3,(H,11,13,15). The zero-order valence-electron chi connectivity index (χ0n) is 8.45. The van der Waals surface area contributed by atoms with Gasteiger partial charge in [0.2, 0.25) is 17.7 Å². The quantitative estimate of drug-likeness (QED) is 0.480. The van der Waals surface area contributed by atoms with Crippen molar-refractivity contribution in [2.45, 2.75) is 25.8 Å². The van der Waals surface area contributed by atoms with Gasteiger partial charge in [-0.3, -0.25) is 19.7 Å². The fraction of sp³-hybridized carbons (Fsp3) is 0.500. The number of carbonyl (C=O) groups is 3. The van der Waals surface area contributed by atoms with E-state index in [1.165, 1.54) is 4.90 Å². The monoisotopic (exact) mass is 208 g/mol. The van der Waals surface area contributed by atoms with Crippen molar-refractivity contribution < 1.29 is 14.4 Å². The summed E-state index contributed by atoms with van der Waals surface area (Å²) in [6.45, 7) is 1.68. The van der Waals surface area contributed by atoms with Crippen LogP contribution in [0.3, 0.4) is 0 Å². The zero-order chi connectivity index (χ0) is 11.4. The van der Waals surface area contributed by atoms with Gasteiger partial charge in [-0.05, 0) is 6.42 Å². The summed E-state index contributed by atoms with van der Waals surface area (Å²) in [5, 5.41) is 2.18. The molecular weight excluding hydrogens is 196 g/mol. The number of carbonyl (C=O) groups excluding carboxylic acids is 3. The van der Waals surface area contributed by atoms with Crippen LogP contribution in [0.2, 0.25) is 0 Å². The van der Waals surface area contributed by atoms with Gasteiger partial charge in [-0.1, -0.05) is 12.8 Å². The molecule has 0 saturated carbocycles. The number of terminal acetylenes is 1. The van der Waals surface area contributed by atoms with E-state index in [1.807, 2.05) is 0 Å². The van der Waals surface area contributed by atoms with Crippen LogP contribution in [0, 0.1) is 12.3 Å². The normalized spacial score (nSPS) is 20.8. The maximum absolute atomic E-state index is 11.5. The molecule has 3 amide bonds. The van der Waals surface area contributed by atoms with Crippen molar-refractivity contribution in [3.8, 4) is 12.3 Å². The molecule has 0 aliphatic carbocycles. The third-order valence-corrected chi connectivity index (χ3v) is 2.22. The maximum Gasteiger partial charge on any atom is 0.249 e. The molecule has 5 heteroatoms. The summed E-state index contributed by atoms with van der Waals surface area (Å²) in [6.07, 6.45) is 5.39. The van der Waals surface area contributed by atoms with Crippen molar-refractivity contribution in [1.82, 2.24) is 10.2 Å². The predicted octanol–water partition coefficient (Wildman–Crippen LogP) is -0.727. The van der Waals surface area contributed by atoms with Crippen LogP contribution in [0.15, 0.2) is 0 Å². The highest BCUT2D eigenvalue weighted by Crippen LogP contribution is 2.10. The largest absolute Gasteiger partial charge is 0.321 e. The summed E-state index contributed by atoms with van der Waals surface area (Å²) in [7, 11) is 0. The Morgan fingerprint density at radius 2 is 2.33 bits per heavy atom. The second-order valence-corrected chi connectivity index (χ2v) is 3.24. The van der Waals surface area contributed by atoms with E-state index in [9.17, 15) is 14.4 Å². The maximum atomic E-state index is 11.5. The van der Waals surface area contributed by atoms with Crippen molar-refractivity contribution in [2.24, 2.45) is 0 Å². The van der Waals surface area contributed by atoms with Crippen LogP contribution < -0.4 is 5.32 Å². The third kappa shape index (κ3) is 2.34. The number of amides is 3. The molecule has 1 saturated heterocycles. The average molecular weight is 208 g/mol. The first-order valence-corrected chi connectivity index (χ1v) is 4.66. The lowest BCUT2D eigenvalue weighted by Gasteiger charge is -2.32. The molecule has 0 spiro atoms. The van der Waals surface area contributed by atoms with E-state index in [1.54, 1.807) is 6.92 Å². The van der Waals surface area contributed by atoms with Gasteiger partial charge in [0.25, 0.3) is 0 Å². The van der Waals surface area contributed by atoms with E-state index in [0.29, 0.717) is 6.42 Å². The van der Waals surface area contributed by atoms with Gasteiger partial charge in [-0.2, -0.15) is 0 Å². The minimum atomic E-state index is -0.580. The van der Waals surface area contributed by atoms with Crippen LogP contribution in [0.1, 0.15) is 19.8 Å². The van der Waals surface area contributed by atoms with Gasteiger partial charge in [0, 0.05) is 0 Å². The number of hydrogen-bond donors (Lipinski definition) is 1. The van der Waals surface area contributed by atoms with E-state index in [-0.39, 0.29) is 18.9 Å². The van der Waals surface area contributed by atoms with Crippen LogP contribution in [-0.4, -0.2) is 35.2 Å². The lowest BCUT2D eigenvalue weighted by molar-refractivity contribution is -0.149. The minimum absolute atomic E-state index is 0.0862. The molecule has 5 nitrogen and oxygen atoms in total. The number of nitrogens with one attached hydrogen (secondary N) is 1. The van der Waals surface area contributed by atoms with Gasteiger partial charge < -0.3 is 4.90 Å². The molecule has 1 aliphatic rings. The van der Waals surface area contributed by atoms with Gasteiger partial charge in [0.05, 0.1) is 6.42 Å². The van der Waals surface area contributed by atoms with Gasteiger partial charge in [-0.25, -0.2) is 0 Å². The first-order chi connectivity index (χ1) is 7.10. The van der Waals surface area contributed by atoms with Crippen molar-refractivity contribution in [2.75, 3.05) is 6.54 Å². The highest BCUT2D eigenvalue weighted by atomic mass is 16.2. The minimum Gasteiger partial charge on any atom is -0.321 e. The van der Waals surface area contributed by atoms with Crippen LogP contribution in [0.5, 0.6) is 0 Å². The van der Waals surface area contributed by atoms with Gasteiger partial charge >= 0.3 is 0 Å². The molecule has 1 unspecified atom stereocenters. The number of nitrogens with zero attached hydrogens (tertiary/aromatic N) is 1. The highest BCUT2D eigenvalue weighted by Gasteiger charge is 2.34. The Bertz CT molecular complexity index is 343.